The van der Waals surface area contributed by atoms with Crippen LogP contribution >= 0.6 is 0 Å². The average molecular weight is 405 g/mol. The molecular weight excluding hydrogens is 378 g/mol. The topological polar surface area (TPSA) is 65.5 Å². The largest absolute Gasteiger partial charge is 0.481 e. The summed E-state index contributed by atoms with van der Waals surface area (Å²) in [5.74, 6) is 3.07. The van der Waals surface area contributed by atoms with Gasteiger partial charge in [-0.05, 0) is 49.7 Å². The number of hydrogen-bond acceptors (Lipinski definition) is 5. The molecular formula is C25H27NO4. The van der Waals surface area contributed by atoms with Crippen molar-refractivity contribution < 1.29 is 18.4 Å². The number of carbonyl (C=O) groups excluding carboxylic acids is 1. The van der Waals surface area contributed by atoms with Crippen molar-refractivity contribution in [3.05, 3.63) is 60.2 Å². The molecule has 3 aromatic heterocycles. The van der Waals surface area contributed by atoms with Gasteiger partial charge in [-0.25, -0.2) is 4.98 Å². The lowest BCUT2D eigenvalue weighted by atomic mass is 10.0. The molecule has 0 saturated heterocycles. The number of methoxy groups -OCH3 is 1. The molecule has 4 aromatic rings. The SMILES string of the molecule is CC.COc1ccc(-c2ccc3c(-c4ccc(C)o4)c(CCC(C)=O)oc3c2)cn1. The average Bonchev–Trinajstić information content (AvgIpc) is 3.35. The van der Waals surface area contributed by atoms with E-state index in [4.69, 9.17) is 13.6 Å². The molecule has 0 atom stereocenters. The van der Waals surface area contributed by atoms with Gasteiger partial charge in [0.2, 0.25) is 5.88 Å². The van der Waals surface area contributed by atoms with Crippen molar-refractivity contribution in [2.45, 2.75) is 40.5 Å². The first-order valence-electron chi connectivity index (χ1n) is 10.2. The summed E-state index contributed by atoms with van der Waals surface area (Å²) in [5, 5.41) is 0.970. The zero-order valence-electron chi connectivity index (χ0n) is 18.1. The van der Waals surface area contributed by atoms with Gasteiger partial charge in [0.15, 0.2) is 0 Å². The molecule has 0 aliphatic heterocycles. The molecule has 0 aliphatic carbocycles. The minimum atomic E-state index is 0.132. The maximum atomic E-state index is 11.5. The van der Waals surface area contributed by atoms with Gasteiger partial charge in [-0.2, -0.15) is 0 Å². The van der Waals surface area contributed by atoms with Crippen LogP contribution in [0.4, 0.5) is 0 Å². The second-order valence-corrected chi connectivity index (χ2v) is 6.81. The van der Waals surface area contributed by atoms with Gasteiger partial charge in [-0.1, -0.05) is 19.9 Å². The van der Waals surface area contributed by atoms with E-state index in [1.165, 1.54) is 0 Å². The first-order chi connectivity index (χ1) is 14.5. The van der Waals surface area contributed by atoms with Crippen LogP contribution in [-0.4, -0.2) is 17.9 Å². The van der Waals surface area contributed by atoms with Gasteiger partial charge in [0.05, 0.1) is 12.7 Å². The van der Waals surface area contributed by atoms with Crippen molar-refractivity contribution in [2.75, 3.05) is 7.11 Å². The summed E-state index contributed by atoms with van der Waals surface area (Å²) < 4.78 is 17.1. The standard InChI is InChI=1S/C23H21NO4.C2H6/c1-14(25)4-9-20-23(19-10-5-15(2)27-19)18-8-6-16(12-21(18)28-20)17-7-11-22(26-3)24-13-17;1-2/h5-8,10-13H,4,9H2,1-3H3;1-2H3. The van der Waals surface area contributed by atoms with E-state index in [9.17, 15) is 4.79 Å². The van der Waals surface area contributed by atoms with E-state index in [-0.39, 0.29) is 5.78 Å². The lowest BCUT2D eigenvalue weighted by Gasteiger charge is -2.03. The maximum Gasteiger partial charge on any atom is 0.212 e. The normalized spacial score (nSPS) is 10.6. The van der Waals surface area contributed by atoms with Gasteiger partial charge in [-0.3, -0.25) is 0 Å². The summed E-state index contributed by atoms with van der Waals surface area (Å²) in [7, 11) is 1.59. The Labute approximate surface area is 176 Å². The van der Waals surface area contributed by atoms with E-state index < -0.39 is 0 Å². The Balaban J connectivity index is 0.00000124. The first kappa shape index (κ1) is 21.4. The molecule has 30 heavy (non-hydrogen) atoms. The number of nitrogens with zero attached hydrogens (tertiary/aromatic N) is 1. The predicted molar refractivity (Wildman–Crippen MR) is 119 cm³/mol. The van der Waals surface area contributed by atoms with Crippen LogP contribution in [0.3, 0.4) is 0 Å². The number of aromatic nitrogens is 1. The third kappa shape index (κ3) is 4.46. The van der Waals surface area contributed by atoms with Gasteiger partial charge < -0.3 is 18.4 Å². The number of benzene rings is 1. The number of furan rings is 2. The van der Waals surface area contributed by atoms with Gasteiger partial charge in [-0.15, -0.1) is 0 Å². The van der Waals surface area contributed by atoms with E-state index >= 15 is 0 Å². The third-order valence-electron chi connectivity index (χ3n) is 4.73. The molecule has 0 N–H and O–H groups in total. The molecule has 156 valence electrons. The fourth-order valence-corrected chi connectivity index (χ4v) is 3.30. The molecule has 0 aliphatic rings. The number of ether oxygens (including phenoxy) is 1. The molecule has 1 aromatic carbocycles. The second kappa shape index (κ2) is 9.44. The molecule has 0 amide bonds. The van der Waals surface area contributed by atoms with Crippen molar-refractivity contribution in [2.24, 2.45) is 0 Å². The number of aryl methyl sites for hydroxylation is 2. The maximum absolute atomic E-state index is 11.5. The summed E-state index contributed by atoms with van der Waals surface area (Å²) in [6, 6.07) is 13.7. The van der Waals surface area contributed by atoms with Crippen molar-refractivity contribution in [3.63, 3.8) is 0 Å². The lowest BCUT2D eigenvalue weighted by Crippen LogP contribution is -1.93. The molecule has 0 unspecified atom stereocenters. The predicted octanol–water partition coefficient (Wildman–Crippen LogP) is 6.62. The number of ketones is 1. The highest BCUT2D eigenvalue weighted by molar-refractivity contribution is 5.96. The Hall–Kier alpha value is -3.34. The van der Waals surface area contributed by atoms with Gasteiger partial charge in [0.1, 0.15) is 28.6 Å². The zero-order valence-corrected chi connectivity index (χ0v) is 18.1. The highest BCUT2D eigenvalue weighted by Crippen LogP contribution is 2.38. The van der Waals surface area contributed by atoms with Crippen LogP contribution in [0.1, 0.15) is 38.7 Å². The molecule has 5 nitrogen and oxygen atoms in total. The van der Waals surface area contributed by atoms with Crippen molar-refractivity contribution in [1.82, 2.24) is 4.98 Å². The summed E-state index contributed by atoms with van der Waals surface area (Å²) in [5.41, 5.74) is 3.65. The number of rotatable bonds is 6. The highest BCUT2D eigenvalue weighted by Gasteiger charge is 2.19. The van der Waals surface area contributed by atoms with Gasteiger partial charge in [0.25, 0.3) is 0 Å². The quantitative estimate of drug-likeness (QED) is 0.361. The Morgan fingerprint density at radius 2 is 1.80 bits per heavy atom. The van der Waals surface area contributed by atoms with E-state index in [0.29, 0.717) is 18.7 Å². The number of carbonyl (C=O) groups is 1. The second-order valence-electron chi connectivity index (χ2n) is 6.81. The fraction of sp³-hybridized carbons (Fsp3) is 0.280. The van der Waals surface area contributed by atoms with E-state index in [1.807, 2.05) is 63.2 Å². The van der Waals surface area contributed by atoms with Crippen LogP contribution in [0.25, 0.3) is 33.4 Å². The lowest BCUT2D eigenvalue weighted by molar-refractivity contribution is -0.117. The molecule has 0 radical (unpaired) electrons. The number of Topliss-reactive ketones (excluding diaryl/α,β-unsaturated/α-hetero) is 1. The number of pyridine rings is 1. The van der Waals surface area contributed by atoms with Gasteiger partial charge in [0, 0.05) is 36.1 Å². The van der Waals surface area contributed by atoms with Crippen LogP contribution < -0.4 is 4.74 Å². The Morgan fingerprint density at radius 1 is 1.03 bits per heavy atom. The third-order valence-corrected chi connectivity index (χ3v) is 4.73. The van der Waals surface area contributed by atoms with Crippen molar-refractivity contribution in [3.8, 4) is 28.3 Å². The van der Waals surface area contributed by atoms with Crippen LogP contribution in [0.15, 0.2) is 57.5 Å². The van der Waals surface area contributed by atoms with E-state index in [0.717, 1.165) is 44.9 Å². The van der Waals surface area contributed by atoms with Crippen molar-refractivity contribution in [1.29, 1.82) is 0 Å². The summed E-state index contributed by atoms with van der Waals surface area (Å²) in [6.07, 6.45) is 2.75. The molecule has 4 rings (SSSR count). The van der Waals surface area contributed by atoms with Crippen molar-refractivity contribution >= 4 is 16.8 Å². The minimum Gasteiger partial charge on any atom is -0.481 e. The smallest absolute Gasteiger partial charge is 0.212 e. The van der Waals surface area contributed by atoms with Crippen LogP contribution in [0.5, 0.6) is 5.88 Å². The Kier molecular flexibility index (Phi) is 6.72. The number of fused-ring (bicyclic) bond motifs is 1. The summed E-state index contributed by atoms with van der Waals surface area (Å²) >= 11 is 0. The van der Waals surface area contributed by atoms with E-state index in [2.05, 4.69) is 4.98 Å². The number of hydrogen-bond donors (Lipinski definition) is 0. The Morgan fingerprint density at radius 3 is 2.40 bits per heavy atom. The molecule has 5 heteroatoms. The Bertz CT molecular complexity index is 1140. The fourth-order valence-electron chi connectivity index (χ4n) is 3.30. The van der Waals surface area contributed by atoms with Crippen LogP contribution in [-0.2, 0) is 11.2 Å². The van der Waals surface area contributed by atoms with Gasteiger partial charge >= 0.3 is 0 Å². The molecule has 0 saturated carbocycles. The zero-order chi connectivity index (χ0) is 21.7. The monoisotopic (exact) mass is 405 g/mol. The summed E-state index contributed by atoms with van der Waals surface area (Å²) in [6.45, 7) is 7.50. The molecule has 3 heterocycles. The van der Waals surface area contributed by atoms with Crippen LogP contribution in [0, 0.1) is 6.92 Å². The molecule has 0 fully saturated rings. The van der Waals surface area contributed by atoms with Crippen LogP contribution in [0.2, 0.25) is 0 Å². The summed E-state index contributed by atoms with van der Waals surface area (Å²) in [4.78, 5) is 15.8. The molecule has 0 spiro atoms. The first-order valence-corrected chi connectivity index (χ1v) is 10.2. The molecule has 0 bridgehead atoms. The highest BCUT2D eigenvalue weighted by atomic mass is 16.5. The minimum absolute atomic E-state index is 0.132. The van der Waals surface area contributed by atoms with E-state index in [1.54, 1.807) is 20.2 Å².